The van der Waals surface area contributed by atoms with Crippen molar-refractivity contribution in [3.8, 4) is 5.69 Å². The lowest BCUT2D eigenvalue weighted by Gasteiger charge is -2.13. The molecule has 1 amide bonds. The maximum atomic E-state index is 13.2. The van der Waals surface area contributed by atoms with E-state index >= 15 is 0 Å². The minimum Gasteiger partial charge on any atom is -0.272 e. The summed E-state index contributed by atoms with van der Waals surface area (Å²) in [5, 5.41) is 4.88. The number of pyridine rings is 1. The van der Waals surface area contributed by atoms with Crippen LogP contribution in [0.1, 0.15) is 5.56 Å². The summed E-state index contributed by atoms with van der Waals surface area (Å²) >= 11 is 4.58. The molecule has 2 aromatic heterocycles. The maximum Gasteiger partial charge on any atom is 0.266 e. The van der Waals surface area contributed by atoms with Gasteiger partial charge in [-0.2, -0.15) is 5.10 Å². The van der Waals surface area contributed by atoms with E-state index in [1.807, 2.05) is 36.4 Å². The largest absolute Gasteiger partial charge is 0.272 e. The maximum absolute atomic E-state index is 13.2. The number of hydrogen-bond donors (Lipinski definition) is 1. The molecule has 9 heteroatoms. The third kappa shape index (κ3) is 5.07. The van der Waals surface area contributed by atoms with Gasteiger partial charge in [0.05, 0.1) is 28.6 Å². The van der Waals surface area contributed by atoms with Gasteiger partial charge in [-0.15, -0.1) is 0 Å². The Morgan fingerprint density at radius 3 is 2.71 bits per heavy atom. The number of carbonyl (C=O) groups excluding carboxylic acids is 1. The second-order valence-corrected chi connectivity index (χ2v) is 8.25. The van der Waals surface area contributed by atoms with Crippen LogP contribution in [0.2, 0.25) is 0 Å². The number of nitrogens with zero attached hydrogens (tertiary/aromatic N) is 4. The molecule has 0 aliphatic heterocycles. The van der Waals surface area contributed by atoms with Crippen LogP contribution in [-0.4, -0.2) is 32.4 Å². The highest BCUT2D eigenvalue weighted by Gasteiger charge is 2.14. The number of fused-ring (bicyclic) bond motifs is 1. The quantitative estimate of drug-likeness (QED) is 0.191. The molecule has 0 bridgehead atoms. The molecular formula is C22H16BrN5O2S. The average molecular weight is 494 g/mol. The standard InChI is InChI=1S/C22H16BrN5O2S/c23-16-7-9-17(10-8-16)28-21(30)18-5-1-2-6-19(18)26-22(28)31-14-20(29)27-25-13-15-4-3-11-24-12-15/h1-13H,14H2,(H,27,29)/b25-13+. The summed E-state index contributed by atoms with van der Waals surface area (Å²) < 4.78 is 2.42. The van der Waals surface area contributed by atoms with Crippen LogP contribution in [-0.2, 0) is 4.79 Å². The number of benzene rings is 2. The van der Waals surface area contributed by atoms with Gasteiger partial charge in [0.1, 0.15) is 0 Å². The van der Waals surface area contributed by atoms with Crippen LogP contribution >= 0.6 is 27.7 Å². The summed E-state index contributed by atoms with van der Waals surface area (Å²) in [5.74, 6) is -0.263. The zero-order valence-electron chi connectivity index (χ0n) is 16.1. The number of aromatic nitrogens is 3. The van der Waals surface area contributed by atoms with E-state index in [0.717, 1.165) is 10.0 Å². The Morgan fingerprint density at radius 2 is 1.94 bits per heavy atom. The first-order valence-corrected chi connectivity index (χ1v) is 11.0. The molecule has 154 valence electrons. The van der Waals surface area contributed by atoms with Gasteiger partial charge in [-0.1, -0.05) is 45.9 Å². The zero-order chi connectivity index (χ0) is 21.6. The van der Waals surface area contributed by atoms with E-state index in [1.54, 1.807) is 36.7 Å². The molecule has 0 atom stereocenters. The van der Waals surface area contributed by atoms with Crippen molar-refractivity contribution in [1.29, 1.82) is 0 Å². The number of amides is 1. The fourth-order valence-electron chi connectivity index (χ4n) is 2.82. The number of hydrogen-bond acceptors (Lipinski definition) is 6. The van der Waals surface area contributed by atoms with Gasteiger partial charge in [-0.3, -0.25) is 19.1 Å². The molecular weight excluding hydrogens is 478 g/mol. The summed E-state index contributed by atoms with van der Waals surface area (Å²) in [6.45, 7) is 0. The lowest BCUT2D eigenvalue weighted by Crippen LogP contribution is -2.24. The summed E-state index contributed by atoms with van der Waals surface area (Å²) in [6, 6.07) is 18.1. The van der Waals surface area contributed by atoms with Gasteiger partial charge in [-0.25, -0.2) is 10.4 Å². The van der Waals surface area contributed by atoms with E-state index in [0.29, 0.717) is 21.7 Å². The first-order valence-electron chi connectivity index (χ1n) is 9.24. The molecule has 0 aliphatic carbocycles. The molecule has 0 radical (unpaired) electrons. The highest BCUT2D eigenvalue weighted by atomic mass is 79.9. The van der Waals surface area contributed by atoms with Crippen molar-refractivity contribution in [2.75, 3.05) is 5.75 Å². The topological polar surface area (TPSA) is 89.2 Å². The fourth-order valence-corrected chi connectivity index (χ4v) is 3.89. The Kier molecular flexibility index (Phi) is 6.54. The van der Waals surface area contributed by atoms with Crippen molar-refractivity contribution < 1.29 is 4.79 Å². The van der Waals surface area contributed by atoms with Crippen LogP contribution in [0.15, 0.2) is 92.6 Å². The lowest BCUT2D eigenvalue weighted by molar-refractivity contribution is -0.118. The molecule has 0 spiro atoms. The van der Waals surface area contributed by atoms with Crippen molar-refractivity contribution in [1.82, 2.24) is 20.0 Å². The Morgan fingerprint density at radius 1 is 1.13 bits per heavy atom. The van der Waals surface area contributed by atoms with Crippen molar-refractivity contribution in [3.63, 3.8) is 0 Å². The predicted octanol–water partition coefficient (Wildman–Crippen LogP) is 3.79. The molecule has 7 nitrogen and oxygen atoms in total. The van der Waals surface area contributed by atoms with Crippen LogP contribution < -0.4 is 11.0 Å². The number of hydrazone groups is 1. The van der Waals surface area contributed by atoms with Crippen LogP contribution in [0.3, 0.4) is 0 Å². The van der Waals surface area contributed by atoms with Gasteiger partial charge in [0.25, 0.3) is 11.5 Å². The Hall–Kier alpha value is -3.30. The van der Waals surface area contributed by atoms with E-state index < -0.39 is 0 Å². The minimum atomic E-state index is -0.310. The van der Waals surface area contributed by atoms with E-state index in [1.165, 1.54) is 22.5 Å². The number of rotatable bonds is 6. The normalized spacial score (nSPS) is 11.1. The van der Waals surface area contributed by atoms with Gasteiger partial charge >= 0.3 is 0 Å². The number of halogens is 1. The van der Waals surface area contributed by atoms with Crippen LogP contribution in [0, 0.1) is 0 Å². The summed E-state index contributed by atoms with van der Waals surface area (Å²) in [5.41, 5.74) is 4.32. The first kappa shape index (κ1) is 21.0. The number of para-hydroxylation sites is 1. The molecule has 0 unspecified atom stereocenters. The lowest BCUT2D eigenvalue weighted by atomic mass is 10.2. The van der Waals surface area contributed by atoms with Crippen LogP contribution in [0.25, 0.3) is 16.6 Å². The van der Waals surface area contributed by atoms with Gasteiger partial charge in [0.2, 0.25) is 0 Å². The summed E-state index contributed by atoms with van der Waals surface area (Å²) in [7, 11) is 0. The Labute approximate surface area is 190 Å². The number of nitrogens with one attached hydrogen (secondary N) is 1. The third-order valence-electron chi connectivity index (χ3n) is 4.25. The van der Waals surface area contributed by atoms with Crippen molar-refractivity contribution in [3.05, 3.63) is 93.4 Å². The molecule has 0 saturated heterocycles. The predicted molar refractivity (Wildman–Crippen MR) is 126 cm³/mol. The molecule has 2 aromatic carbocycles. The number of carbonyl (C=O) groups is 1. The first-order chi connectivity index (χ1) is 15.1. The van der Waals surface area contributed by atoms with E-state index in [9.17, 15) is 9.59 Å². The van der Waals surface area contributed by atoms with Crippen LogP contribution in [0.4, 0.5) is 0 Å². The van der Waals surface area contributed by atoms with Gasteiger partial charge in [0.15, 0.2) is 5.16 Å². The summed E-state index contributed by atoms with van der Waals surface area (Å²) in [4.78, 5) is 34.0. The Bertz CT molecular complexity index is 1310. The highest BCUT2D eigenvalue weighted by Crippen LogP contribution is 2.22. The van der Waals surface area contributed by atoms with Crippen molar-refractivity contribution >= 4 is 50.7 Å². The zero-order valence-corrected chi connectivity index (χ0v) is 18.5. The summed E-state index contributed by atoms with van der Waals surface area (Å²) in [6.07, 6.45) is 4.82. The van der Waals surface area contributed by atoms with Crippen molar-refractivity contribution in [2.24, 2.45) is 5.10 Å². The monoisotopic (exact) mass is 493 g/mol. The smallest absolute Gasteiger partial charge is 0.266 e. The molecule has 0 saturated carbocycles. The molecule has 4 rings (SSSR count). The Balaban J connectivity index is 1.58. The molecule has 1 N–H and O–H groups in total. The third-order valence-corrected chi connectivity index (χ3v) is 5.72. The van der Waals surface area contributed by atoms with Gasteiger partial charge in [-0.05, 0) is 42.5 Å². The van der Waals surface area contributed by atoms with Crippen molar-refractivity contribution in [2.45, 2.75) is 5.16 Å². The second-order valence-electron chi connectivity index (χ2n) is 6.40. The van der Waals surface area contributed by atoms with E-state index in [4.69, 9.17) is 0 Å². The van der Waals surface area contributed by atoms with Gasteiger partial charge < -0.3 is 0 Å². The van der Waals surface area contributed by atoms with Gasteiger partial charge in [0, 0.05) is 22.4 Å². The van der Waals surface area contributed by atoms with Crippen LogP contribution in [0.5, 0.6) is 0 Å². The molecule has 31 heavy (non-hydrogen) atoms. The minimum absolute atomic E-state index is 0.0473. The molecule has 0 aliphatic rings. The molecule has 4 aromatic rings. The average Bonchev–Trinajstić information content (AvgIpc) is 2.79. The highest BCUT2D eigenvalue weighted by molar-refractivity contribution is 9.10. The second kappa shape index (κ2) is 9.67. The fraction of sp³-hybridized carbons (Fsp3) is 0.0455. The van der Waals surface area contributed by atoms with E-state index in [-0.39, 0.29) is 17.2 Å². The SMILES string of the molecule is O=C(CSc1nc2ccccc2c(=O)n1-c1ccc(Br)cc1)N/N=C/c1cccnc1. The molecule has 2 heterocycles. The van der Waals surface area contributed by atoms with E-state index in [2.05, 4.69) is 36.4 Å². The molecule has 0 fully saturated rings. The number of thioether (sulfide) groups is 1.